The second-order valence-corrected chi connectivity index (χ2v) is 4.92. The van der Waals surface area contributed by atoms with E-state index in [-0.39, 0.29) is 0 Å². The molecule has 0 aliphatic carbocycles. The van der Waals surface area contributed by atoms with E-state index in [9.17, 15) is 0 Å². The zero-order valence-corrected chi connectivity index (χ0v) is 10.5. The molecule has 4 nitrogen and oxygen atoms in total. The molecule has 0 saturated carbocycles. The van der Waals surface area contributed by atoms with Gasteiger partial charge in [-0.3, -0.25) is 0 Å². The molecule has 1 aliphatic rings. The average molecular weight is 245 g/mol. The number of piperidine rings is 1. The number of nitrogens with one attached hydrogen (secondary N) is 1. The van der Waals surface area contributed by atoms with E-state index in [4.69, 9.17) is 10.3 Å². The van der Waals surface area contributed by atoms with Crippen LogP contribution in [0.3, 0.4) is 0 Å². The van der Waals surface area contributed by atoms with Crippen molar-refractivity contribution in [3.63, 3.8) is 0 Å². The van der Waals surface area contributed by atoms with Gasteiger partial charge in [-0.15, -0.1) is 0 Å². The summed E-state index contributed by atoms with van der Waals surface area (Å²) in [5.74, 6) is 1.56. The smallest absolute Gasteiger partial charge is 0.147 e. The van der Waals surface area contributed by atoms with Crippen LogP contribution in [0, 0.1) is 0 Å². The highest BCUT2D eigenvalue weighted by atomic mass is 16.5. The molecule has 0 radical (unpaired) electrons. The maximum absolute atomic E-state index is 5.63. The molecule has 0 unspecified atom stereocenters. The Morgan fingerprint density at radius 1 is 1.33 bits per heavy atom. The minimum Gasteiger partial charge on any atom is -0.360 e. The van der Waals surface area contributed by atoms with Crippen LogP contribution in [0.4, 0.5) is 0 Å². The van der Waals surface area contributed by atoms with E-state index in [0.29, 0.717) is 12.5 Å². The third-order valence-electron chi connectivity index (χ3n) is 3.74. The summed E-state index contributed by atoms with van der Waals surface area (Å²) < 4.78 is 5.62. The van der Waals surface area contributed by atoms with E-state index < -0.39 is 0 Å². The molecule has 2 aromatic rings. The first-order valence-corrected chi connectivity index (χ1v) is 6.68. The van der Waals surface area contributed by atoms with Crippen molar-refractivity contribution in [1.29, 1.82) is 0 Å². The molecule has 1 aliphatic heterocycles. The van der Waals surface area contributed by atoms with Gasteiger partial charge in [0.15, 0.2) is 0 Å². The number of hydrogen-bond donors (Lipinski definition) is 2. The first-order chi connectivity index (χ1) is 8.90. The summed E-state index contributed by atoms with van der Waals surface area (Å²) in [5, 5.41) is 8.81. The molecule has 4 heteroatoms. The van der Waals surface area contributed by atoms with Gasteiger partial charge in [0.1, 0.15) is 11.3 Å². The Labute approximate surface area is 107 Å². The minimum atomic E-state index is 0.504. The van der Waals surface area contributed by atoms with Gasteiger partial charge in [-0.1, -0.05) is 17.3 Å². The van der Waals surface area contributed by atoms with E-state index in [1.54, 1.807) is 0 Å². The van der Waals surface area contributed by atoms with Crippen LogP contribution in [0.2, 0.25) is 0 Å². The van der Waals surface area contributed by atoms with E-state index >= 15 is 0 Å². The van der Waals surface area contributed by atoms with Gasteiger partial charge in [0, 0.05) is 11.3 Å². The van der Waals surface area contributed by atoms with Crippen molar-refractivity contribution in [2.24, 2.45) is 5.73 Å². The Bertz CT molecular complexity index is 529. The fourth-order valence-electron chi connectivity index (χ4n) is 2.78. The zero-order chi connectivity index (χ0) is 12.4. The molecular formula is C14H19N3O. The van der Waals surface area contributed by atoms with Crippen molar-refractivity contribution in [2.75, 3.05) is 19.6 Å². The molecule has 3 N–H and O–H groups in total. The second-order valence-electron chi connectivity index (χ2n) is 4.92. The molecule has 1 fully saturated rings. The van der Waals surface area contributed by atoms with Gasteiger partial charge in [-0.05, 0) is 50.5 Å². The van der Waals surface area contributed by atoms with Crippen LogP contribution in [0.5, 0.6) is 0 Å². The van der Waals surface area contributed by atoms with E-state index in [1.165, 1.54) is 10.9 Å². The van der Waals surface area contributed by atoms with E-state index in [2.05, 4.69) is 28.7 Å². The summed E-state index contributed by atoms with van der Waals surface area (Å²) in [6.07, 6.45) is 3.12. The van der Waals surface area contributed by atoms with Crippen LogP contribution in [-0.2, 0) is 6.42 Å². The Kier molecular flexibility index (Phi) is 3.30. The minimum absolute atomic E-state index is 0.504. The van der Waals surface area contributed by atoms with Gasteiger partial charge in [-0.25, -0.2) is 0 Å². The quantitative estimate of drug-likeness (QED) is 0.865. The maximum atomic E-state index is 5.63. The number of benzene rings is 1. The molecule has 1 saturated heterocycles. The van der Waals surface area contributed by atoms with Crippen LogP contribution < -0.4 is 11.1 Å². The van der Waals surface area contributed by atoms with Gasteiger partial charge < -0.3 is 15.6 Å². The molecule has 1 aromatic carbocycles. The van der Waals surface area contributed by atoms with E-state index in [0.717, 1.165) is 43.6 Å². The van der Waals surface area contributed by atoms with Gasteiger partial charge in [0.05, 0.1) is 0 Å². The number of fused-ring (bicyclic) bond motifs is 1. The third-order valence-corrected chi connectivity index (χ3v) is 3.74. The van der Waals surface area contributed by atoms with Crippen LogP contribution in [-0.4, -0.2) is 24.8 Å². The Morgan fingerprint density at radius 3 is 2.94 bits per heavy atom. The Balaban J connectivity index is 2.00. The highest BCUT2D eigenvalue weighted by Gasteiger charge is 2.22. The summed E-state index contributed by atoms with van der Waals surface area (Å²) >= 11 is 0. The second kappa shape index (κ2) is 5.08. The molecule has 96 valence electrons. The lowest BCUT2D eigenvalue weighted by molar-refractivity contribution is 0.333. The van der Waals surface area contributed by atoms with Crippen molar-refractivity contribution in [2.45, 2.75) is 25.2 Å². The number of nitrogens with zero attached hydrogens (tertiary/aromatic N) is 1. The summed E-state index contributed by atoms with van der Waals surface area (Å²) in [6.45, 7) is 2.78. The number of hydrogen-bond acceptors (Lipinski definition) is 4. The molecule has 0 bridgehead atoms. The summed E-state index contributed by atoms with van der Waals surface area (Å²) in [6, 6.07) is 6.28. The van der Waals surface area contributed by atoms with Crippen molar-refractivity contribution in [1.82, 2.24) is 10.5 Å². The lowest BCUT2D eigenvalue weighted by atomic mass is 9.92. The number of nitrogens with two attached hydrogens (primary N) is 1. The molecular weight excluding hydrogens is 226 g/mol. The Morgan fingerprint density at radius 2 is 2.17 bits per heavy atom. The van der Waals surface area contributed by atoms with Crippen molar-refractivity contribution < 1.29 is 4.52 Å². The van der Waals surface area contributed by atoms with Gasteiger partial charge >= 0.3 is 0 Å². The molecule has 0 amide bonds. The number of rotatable bonds is 3. The summed E-state index contributed by atoms with van der Waals surface area (Å²) in [4.78, 5) is 0. The largest absolute Gasteiger partial charge is 0.360 e. The van der Waals surface area contributed by atoms with Crippen molar-refractivity contribution in [3.05, 3.63) is 29.5 Å². The fourth-order valence-corrected chi connectivity index (χ4v) is 2.78. The zero-order valence-electron chi connectivity index (χ0n) is 10.5. The van der Waals surface area contributed by atoms with Crippen LogP contribution in [0.15, 0.2) is 22.7 Å². The monoisotopic (exact) mass is 245 g/mol. The highest BCUT2D eigenvalue weighted by molar-refractivity contribution is 5.84. The summed E-state index contributed by atoms with van der Waals surface area (Å²) in [5.41, 5.74) is 7.82. The molecule has 18 heavy (non-hydrogen) atoms. The van der Waals surface area contributed by atoms with Gasteiger partial charge in [0.2, 0.25) is 0 Å². The van der Waals surface area contributed by atoms with Crippen molar-refractivity contribution in [3.8, 4) is 0 Å². The van der Waals surface area contributed by atoms with Crippen LogP contribution in [0.25, 0.3) is 10.9 Å². The normalized spacial score (nSPS) is 17.4. The molecule has 2 heterocycles. The number of aromatic nitrogens is 1. The van der Waals surface area contributed by atoms with Crippen molar-refractivity contribution >= 4 is 10.9 Å². The molecule has 3 rings (SSSR count). The van der Waals surface area contributed by atoms with Gasteiger partial charge in [-0.2, -0.15) is 0 Å². The highest BCUT2D eigenvalue weighted by Crippen LogP contribution is 2.32. The predicted molar refractivity (Wildman–Crippen MR) is 71.6 cm³/mol. The summed E-state index contributed by atoms with van der Waals surface area (Å²) in [7, 11) is 0. The third kappa shape index (κ3) is 2.02. The molecule has 0 atom stereocenters. The van der Waals surface area contributed by atoms with E-state index in [1.807, 2.05) is 0 Å². The lowest BCUT2D eigenvalue weighted by Crippen LogP contribution is -2.26. The van der Waals surface area contributed by atoms with Crippen LogP contribution >= 0.6 is 0 Å². The standard InChI is InChI=1S/C14H19N3O/c15-7-4-10-2-1-3-12-13(10)17-18-14(12)11-5-8-16-9-6-11/h1-3,11,16H,4-9,15H2. The first kappa shape index (κ1) is 11.7. The average Bonchev–Trinajstić information content (AvgIpc) is 2.85. The predicted octanol–water partition coefficient (Wildman–Crippen LogP) is 1.80. The fraction of sp³-hybridized carbons (Fsp3) is 0.500. The topological polar surface area (TPSA) is 64.1 Å². The van der Waals surface area contributed by atoms with Crippen LogP contribution in [0.1, 0.15) is 30.1 Å². The first-order valence-electron chi connectivity index (χ1n) is 6.68. The SMILES string of the molecule is NCCc1cccc2c(C3CCNCC3)onc12. The maximum Gasteiger partial charge on any atom is 0.147 e. The molecule has 1 aromatic heterocycles. The molecule has 0 spiro atoms. The van der Waals surface area contributed by atoms with Gasteiger partial charge in [0.25, 0.3) is 0 Å². The Hall–Kier alpha value is -1.39. The lowest BCUT2D eigenvalue weighted by Gasteiger charge is -2.20.